The van der Waals surface area contributed by atoms with Crippen LogP contribution in [0.5, 0.6) is 28.7 Å². The van der Waals surface area contributed by atoms with E-state index in [4.69, 9.17) is 28.4 Å². The van der Waals surface area contributed by atoms with Gasteiger partial charge in [-0.1, -0.05) is 6.92 Å². The number of ether oxygens (including phenoxy) is 6. The van der Waals surface area contributed by atoms with Crippen molar-refractivity contribution in [3.8, 4) is 28.7 Å². The van der Waals surface area contributed by atoms with Crippen LogP contribution in [-0.4, -0.2) is 48.3 Å². The van der Waals surface area contributed by atoms with Gasteiger partial charge in [-0.25, -0.2) is 0 Å². The third-order valence-corrected chi connectivity index (χ3v) is 6.69. The Kier molecular flexibility index (Phi) is 8.54. The Balaban J connectivity index is 1.96. The summed E-state index contributed by atoms with van der Waals surface area (Å²) in [6, 6.07) is 8.25. The number of methoxy groups -OCH3 is 5. The van der Waals surface area contributed by atoms with E-state index in [0.717, 1.165) is 40.8 Å². The maximum Gasteiger partial charge on any atom is 0.203 e. The van der Waals surface area contributed by atoms with Gasteiger partial charge in [0.15, 0.2) is 23.0 Å². The van der Waals surface area contributed by atoms with Crippen LogP contribution in [0.15, 0.2) is 28.7 Å². The lowest BCUT2D eigenvalue weighted by molar-refractivity contribution is 0.0805. The molecule has 3 rings (SSSR count). The summed E-state index contributed by atoms with van der Waals surface area (Å²) < 4.78 is 35.1. The molecule has 0 spiro atoms. The summed E-state index contributed by atoms with van der Waals surface area (Å²) in [6.45, 7) is 2.72. The summed E-state index contributed by atoms with van der Waals surface area (Å²) in [5.74, 6) is 3.79. The Morgan fingerprint density at radius 3 is 1.69 bits per heavy atom. The number of benzene rings is 2. The molecule has 32 heavy (non-hydrogen) atoms. The lowest BCUT2D eigenvalue weighted by Crippen LogP contribution is -2.21. The predicted molar refractivity (Wildman–Crippen MR) is 128 cm³/mol. The molecule has 0 amide bonds. The van der Waals surface area contributed by atoms with E-state index in [-0.39, 0.29) is 17.9 Å². The first-order valence-corrected chi connectivity index (χ1v) is 11.6. The first-order valence-electron chi connectivity index (χ1n) is 10.9. The van der Waals surface area contributed by atoms with Crippen molar-refractivity contribution in [2.75, 3.05) is 42.2 Å². The first-order chi connectivity index (χ1) is 15.5. The summed E-state index contributed by atoms with van der Waals surface area (Å²) in [4.78, 5) is 0. The van der Waals surface area contributed by atoms with E-state index in [2.05, 4.69) is 35.0 Å². The Morgan fingerprint density at radius 1 is 0.750 bits per heavy atom. The smallest absolute Gasteiger partial charge is 0.203 e. The minimum absolute atomic E-state index is 0.00294. The fourth-order valence-electron chi connectivity index (χ4n) is 4.62. The van der Waals surface area contributed by atoms with Gasteiger partial charge in [0.2, 0.25) is 5.75 Å². The molecule has 0 radical (unpaired) electrons. The van der Waals surface area contributed by atoms with Crippen LogP contribution in [0.4, 0.5) is 0 Å². The van der Waals surface area contributed by atoms with Crippen molar-refractivity contribution in [3.05, 3.63) is 39.9 Å². The second kappa shape index (κ2) is 11.1. The monoisotopic (exact) mass is 508 g/mol. The summed E-state index contributed by atoms with van der Waals surface area (Å²) in [6.07, 6.45) is 2.90. The van der Waals surface area contributed by atoms with Gasteiger partial charge in [-0.2, -0.15) is 0 Å². The van der Waals surface area contributed by atoms with Gasteiger partial charge in [0.25, 0.3) is 0 Å². The average molecular weight is 509 g/mol. The highest BCUT2D eigenvalue weighted by Crippen LogP contribution is 2.50. The van der Waals surface area contributed by atoms with Gasteiger partial charge in [-0.05, 0) is 70.6 Å². The molecule has 3 atom stereocenters. The molecule has 2 aromatic carbocycles. The fraction of sp³-hybridized carbons (Fsp3) is 0.520. The maximum atomic E-state index is 6.06. The molecule has 0 saturated heterocycles. The van der Waals surface area contributed by atoms with Crippen LogP contribution in [-0.2, 0) is 4.74 Å². The zero-order valence-corrected chi connectivity index (χ0v) is 21.3. The van der Waals surface area contributed by atoms with Gasteiger partial charge in [-0.3, -0.25) is 0 Å². The second-order valence-corrected chi connectivity index (χ2v) is 8.69. The van der Waals surface area contributed by atoms with Crippen LogP contribution < -0.4 is 23.7 Å². The fourth-order valence-corrected chi connectivity index (χ4v) is 5.20. The van der Waals surface area contributed by atoms with Crippen molar-refractivity contribution in [3.63, 3.8) is 0 Å². The third-order valence-electron chi connectivity index (χ3n) is 6.10. The third kappa shape index (κ3) is 4.79. The van der Waals surface area contributed by atoms with Crippen molar-refractivity contribution in [2.45, 2.75) is 44.1 Å². The minimum Gasteiger partial charge on any atom is -0.493 e. The number of halogens is 1. The van der Waals surface area contributed by atoms with Crippen molar-refractivity contribution in [2.24, 2.45) is 0 Å². The Labute approximate surface area is 199 Å². The molecule has 2 aromatic rings. The number of hydrogen-bond donors (Lipinski definition) is 0. The molecule has 0 unspecified atom stereocenters. The summed E-state index contributed by atoms with van der Waals surface area (Å²) in [5.41, 5.74) is 2.28. The zero-order valence-electron chi connectivity index (χ0n) is 19.7. The molecule has 0 bridgehead atoms. The van der Waals surface area contributed by atoms with E-state index in [1.807, 2.05) is 12.1 Å². The molecule has 0 heterocycles. The van der Waals surface area contributed by atoms with Crippen LogP contribution in [0.2, 0.25) is 0 Å². The van der Waals surface area contributed by atoms with Crippen LogP contribution in [0.25, 0.3) is 0 Å². The van der Waals surface area contributed by atoms with Gasteiger partial charge in [0.1, 0.15) is 0 Å². The number of rotatable bonds is 10. The van der Waals surface area contributed by atoms with Gasteiger partial charge >= 0.3 is 0 Å². The topological polar surface area (TPSA) is 55.4 Å². The molecule has 6 nitrogen and oxygen atoms in total. The molecule has 1 aliphatic rings. The normalized spacial score (nSPS) is 20.2. The Hall–Kier alpha value is -2.12. The molecule has 0 N–H and O–H groups in total. The van der Waals surface area contributed by atoms with E-state index < -0.39 is 0 Å². The van der Waals surface area contributed by atoms with E-state index >= 15 is 0 Å². The summed E-state index contributed by atoms with van der Waals surface area (Å²) in [5, 5.41) is 0. The molecule has 176 valence electrons. The molecular formula is C25H33BrO6. The van der Waals surface area contributed by atoms with Gasteiger partial charge < -0.3 is 28.4 Å². The van der Waals surface area contributed by atoms with E-state index in [9.17, 15) is 0 Å². The highest BCUT2D eigenvalue weighted by molar-refractivity contribution is 9.10. The van der Waals surface area contributed by atoms with Crippen molar-refractivity contribution < 1.29 is 28.4 Å². The maximum absolute atomic E-state index is 6.06. The lowest BCUT2D eigenvalue weighted by Gasteiger charge is -2.26. The summed E-state index contributed by atoms with van der Waals surface area (Å²) in [7, 11) is 8.34. The van der Waals surface area contributed by atoms with Gasteiger partial charge in [0.05, 0.1) is 45.6 Å². The van der Waals surface area contributed by atoms with Crippen molar-refractivity contribution >= 4 is 15.9 Å². The minimum atomic E-state index is -0.00294. The zero-order chi connectivity index (χ0) is 23.3. The first kappa shape index (κ1) is 24.5. The SMILES string of the molecule is CCCOc1c(Br)cc([C@@H]2CC[C@@H](c3cc(OC)c(OC)c(OC)c3)[C@@H]2OC)cc1OC. The van der Waals surface area contributed by atoms with E-state index in [1.54, 1.807) is 35.5 Å². The van der Waals surface area contributed by atoms with Crippen LogP contribution in [0, 0.1) is 0 Å². The van der Waals surface area contributed by atoms with Crippen LogP contribution in [0.3, 0.4) is 0 Å². The molecule has 1 fully saturated rings. The van der Waals surface area contributed by atoms with E-state index in [0.29, 0.717) is 23.9 Å². The molecule has 0 aromatic heterocycles. The quantitative estimate of drug-likeness (QED) is 0.395. The molecule has 0 aliphatic heterocycles. The highest BCUT2D eigenvalue weighted by Gasteiger charge is 2.39. The predicted octanol–water partition coefficient (Wildman–Crippen LogP) is 5.95. The lowest BCUT2D eigenvalue weighted by atomic mass is 9.89. The van der Waals surface area contributed by atoms with Crippen LogP contribution in [0.1, 0.15) is 49.1 Å². The molecule has 1 aliphatic carbocycles. The van der Waals surface area contributed by atoms with Crippen molar-refractivity contribution in [1.82, 2.24) is 0 Å². The largest absolute Gasteiger partial charge is 0.493 e. The Bertz CT molecular complexity index is 891. The molecule has 7 heteroatoms. The van der Waals surface area contributed by atoms with Gasteiger partial charge in [-0.15, -0.1) is 0 Å². The highest BCUT2D eigenvalue weighted by atomic mass is 79.9. The van der Waals surface area contributed by atoms with Gasteiger partial charge in [0, 0.05) is 18.9 Å². The standard InChI is InChI=1S/C25H33BrO6/c1-7-10-32-24-19(26)11-15(12-20(24)27-2)17-8-9-18(23(17)30-5)16-13-21(28-3)25(31-6)22(14-16)29-4/h11-14,17-18,23H,7-10H2,1-6H3/t17-,18-,23+/m0/s1. The van der Waals surface area contributed by atoms with Crippen LogP contribution >= 0.6 is 15.9 Å². The van der Waals surface area contributed by atoms with E-state index in [1.165, 1.54) is 5.56 Å². The summed E-state index contributed by atoms with van der Waals surface area (Å²) >= 11 is 3.68. The Morgan fingerprint density at radius 2 is 1.25 bits per heavy atom. The van der Waals surface area contributed by atoms with Crippen molar-refractivity contribution in [1.29, 1.82) is 0 Å². The molecular weight excluding hydrogens is 476 g/mol. The second-order valence-electron chi connectivity index (χ2n) is 7.83. The molecule has 1 saturated carbocycles. The number of hydrogen-bond acceptors (Lipinski definition) is 6. The average Bonchev–Trinajstić information content (AvgIpc) is 3.25.